The molecular weight excluding hydrogens is 168 g/mol. The molecule has 0 bridgehead atoms. The molecular formula is C9H16N2O2. The van der Waals surface area contributed by atoms with E-state index in [2.05, 4.69) is 5.16 Å². The van der Waals surface area contributed by atoms with E-state index < -0.39 is 0 Å². The van der Waals surface area contributed by atoms with Crippen LogP contribution in [0.25, 0.3) is 0 Å². The van der Waals surface area contributed by atoms with Crippen LogP contribution in [0.5, 0.6) is 0 Å². The van der Waals surface area contributed by atoms with E-state index in [1.54, 1.807) is 0 Å². The minimum Gasteiger partial charge on any atom is -0.396 e. The molecule has 0 radical (unpaired) electrons. The quantitative estimate of drug-likeness (QED) is 0.737. The molecule has 0 amide bonds. The van der Waals surface area contributed by atoms with Crippen LogP contribution in [0.2, 0.25) is 0 Å². The van der Waals surface area contributed by atoms with Crippen molar-refractivity contribution in [3.05, 3.63) is 17.5 Å². The molecule has 0 spiro atoms. The summed E-state index contributed by atoms with van der Waals surface area (Å²) in [5, 5.41) is 12.5. The largest absolute Gasteiger partial charge is 0.396 e. The van der Waals surface area contributed by atoms with Crippen LogP contribution in [0.3, 0.4) is 0 Å². The summed E-state index contributed by atoms with van der Waals surface area (Å²) >= 11 is 0. The van der Waals surface area contributed by atoms with Gasteiger partial charge in [-0.2, -0.15) is 0 Å². The SMILES string of the molecule is CC(C)c1cc(C(N)CCO)no1. The highest BCUT2D eigenvalue weighted by molar-refractivity contribution is 5.11. The smallest absolute Gasteiger partial charge is 0.139 e. The number of nitrogens with two attached hydrogens (primary N) is 1. The van der Waals surface area contributed by atoms with Gasteiger partial charge in [0.05, 0.1) is 6.04 Å². The molecule has 0 fully saturated rings. The summed E-state index contributed by atoms with van der Waals surface area (Å²) in [6, 6.07) is 1.63. The van der Waals surface area contributed by atoms with Crippen LogP contribution in [0.1, 0.15) is 43.7 Å². The zero-order valence-electron chi connectivity index (χ0n) is 8.03. The Hall–Kier alpha value is -0.870. The van der Waals surface area contributed by atoms with Crippen molar-refractivity contribution in [2.75, 3.05) is 6.61 Å². The van der Waals surface area contributed by atoms with Gasteiger partial charge in [0.1, 0.15) is 11.5 Å². The first-order valence-electron chi connectivity index (χ1n) is 4.48. The van der Waals surface area contributed by atoms with E-state index in [-0.39, 0.29) is 12.6 Å². The van der Waals surface area contributed by atoms with E-state index in [0.29, 0.717) is 12.3 Å². The number of aliphatic hydroxyl groups is 1. The van der Waals surface area contributed by atoms with Crippen LogP contribution in [0, 0.1) is 0 Å². The Bertz CT molecular complexity index is 258. The molecule has 0 aromatic carbocycles. The fraction of sp³-hybridized carbons (Fsp3) is 0.667. The number of aliphatic hydroxyl groups excluding tert-OH is 1. The first-order valence-corrected chi connectivity index (χ1v) is 4.48. The molecule has 1 unspecified atom stereocenters. The van der Waals surface area contributed by atoms with Gasteiger partial charge >= 0.3 is 0 Å². The zero-order chi connectivity index (χ0) is 9.84. The summed E-state index contributed by atoms with van der Waals surface area (Å²) in [4.78, 5) is 0. The van der Waals surface area contributed by atoms with Gasteiger partial charge in [-0.3, -0.25) is 0 Å². The predicted octanol–water partition coefficient (Wildman–Crippen LogP) is 1.18. The summed E-state index contributed by atoms with van der Waals surface area (Å²) in [5.41, 5.74) is 6.46. The first kappa shape index (κ1) is 10.2. The lowest BCUT2D eigenvalue weighted by atomic mass is 10.1. The summed E-state index contributed by atoms with van der Waals surface area (Å²) in [6.07, 6.45) is 0.518. The predicted molar refractivity (Wildman–Crippen MR) is 49.2 cm³/mol. The summed E-state index contributed by atoms with van der Waals surface area (Å²) < 4.78 is 5.08. The second kappa shape index (κ2) is 4.39. The van der Waals surface area contributed by atoms with Gasteiger partial charge < -0.3 is 15.4 Å². The molecule has 1 rings (SSSR count). The van der Waals surface area contributed by atoms with Crippen molar-refractivity contribution in [3.8, 4) is 0 Å². The lowest BCUT2D eigenvalue weighted by molar-refractivity contribution is 0.273. The fourth-order valence-corrected chi connectivity index (χ4v) is 1.04. The van der Waals surface area contributed by atoms with Crippen molar-refractivity contribution in [2.24, 2.45) is 5.73 Å². The van der Waals surface area contributed by atoms with E-state index >= 15 is 0 Å². The molecule has 1 heterocycles. The highest BCUT2D eigenvalue weighted by Gasteiger charge is 2.13. The molecule has 3 N–H and O–H groups in total. The third-order valence-electron chi connectivity index (χ3n) is 1.94. The molecule has 0 saturated carbocycles. The van der Waals surface area contributed by atoms with E-state index in [9.17, 15) is 0 Å². The van der Waals surface area contributed by atoms with Crippen LogP contribution in [-0.4, -0.2) is 16.9 Å². The Morgan fingerprint density at radius 3 is 2.77 bits per heavy atom. The van der Waals surface area contributed by atoms with Gasteiger partial charge in [-0.15, -0.1) is 0 Å². The lowest BCUT2D eigenvalue weighted by Gasteiger charge is -2.03. The molecule has 0 saturated heterocycles. The Labute approximate surface area is 77.7 Å². The monoisotopic (exact) mass is 184 g/mol. The van der Waals surface area contributed by atoms with Gasteiger partial charge in [0.2, 0.25) is 0 Å². The number of hydrogen-bond acceptors (Lipinski definition) is 4. The van der Waals surface area contributed by atoms with Crippen molar-refractivity contribution in [1.82, 2.24) is 5.16 Å². The Kier molecular flexibility index (Phi) is 3.45. The van der Waals surface area contributed by atoms with Crippen LogP contribution in [-0.2, 0) is 0 Å². The van der Waals surface area contributed by atoms with Gasteiger partial charge in [0, 0.05) is 18.6 Å². The third kappa shape index (κ3) is 2.54. The standard InChI is InChI=1S/C9H16N2O2/c1-6(2)9-5-8(11-13-9)7(10)3-4-12/h5-7,12H,3-4,10H2,1-2H3. The molecule has 0 aliphatic heterocycles. The second-order valence-electron chi connectivity index (χ2n) is 3.43. The fourth-order valence-electron chi connectivity index (χ4n) is 1.04. The number of rotatable bonds is 4. The third-order valence-corrected chi connectivity index (χ3v) is 1.94. The van der Waals surface area contributed by atoms with Crippen LogP contribution >= 0.6 is 0 Å². The van der Waals surface area contributed by atoms with E-state index in [0.717, 1.165) is 11.5 Å². The lowest BCUT2D eigenvalue weighted by Crippen LogP contribution is -2.12. The summed E-state index contributed by atoms with van der Waals surface area (Å²) in [5.74, 6) is 1.16. The first-order chi connectivity index (χ1) is 6.15. The molecule has 4 heteroatoms. The normalized spacial score (nSPS) is 13.6. The number of hydrogen-bond donors (Lipinski definition) is 2. The molecule has 0 aliphatic carbocycles. The van der Waals surface area contributed by atoms with Gasteiger partial charge in [-0.25, -0.2) is 0 Å². The van der Waals surface area contributed by atoms with Crippen LogP contribution in [0.4, 0.5) is 0 Å². The van der Waals surface area contributed by atoms with Gasteiger partial charge in [0.15, 0.2) is 0 Å². The van der Waals surface area contributed by atoms with Crippen LogP contribution in [0.15, 0.2) is 10.6 Å². The molecule has 0 aliphatic rings. The van der Waals surface area contributed by atoms with Crippen LogP contribution < -0.4 is 5.73 Å². The highest BCUT2D eigenvalue weighted by Crippen LogP contribution is 2.19. The molecule has 1 atom stereocenters. The van der Waals surface area contributed by atoms with Crippen molar-refractivity contribution in [3.63, 3.8) is 0 Å². The molecule has 13 heavy (non-hydrogen) atoms. The van der Waals surface area contributed by atoms with Gasteiger partial charge in [-0.1, -0.05) is 19.0 Å². The van der Waals surface area contributed by atoms with Crippen molar-refractivity contribution in [1.29, 1.82) is 0 Å². The number of nitrogens with zero attached hydrogens (tertiary/aromatic N) is 1. The summed E-state index contributed by atoms with van der Waals surface area (Å²) in [7, 11) is 0. The molecule has 74 valence electrons. The summed E-state index contributed by atoms with van der Waals surface area (Å²) in [6.45, 7) is 4.13. The number of aromatic nitrogens is 1. The van der Waals surface area contributed by atoms with E-state index in [1.165, 1.54) is 0 Å². The van der Waals surface area contributed by atoms with Gasteiger partial charge in [0.25, 0.3) is 0 Å². The zero-order valence-corrected chi connectivity index (χ0v) is 8.03. The molecule has 4 nitrogen and oxygen atoms in total. The van der Waals surface area contributed by atoms with Gasteiger partial charge in [-0.05, 0) is 6.42 Å². The van der Waals surface area contributed by atoms with Crippen molar-refractivity contribution < 1.29 is 9.63 Å². The molecule has 1 aromatic rings. The molecule has 1 aromatic heterocycles. The average Bonchev–Trinajstić information content (AvgIpc) is 2.52. The average molecular weight is 184 g/mol. The minimum atomic E-state index is -0.221. The maximum atomic E-state index is 8.68. The Morgan fingerprint density at radius 2 is 2.31 bits per heavy atom. The van der Waals surface area contributed by atoms with Crippen molar-refractivity contribution >= 4 is 0 Å². The Balaban J connectivity index is 2.67. The van der Waals surface area contributed by atoms with E-state index in [1.807, 2.05) is 19.9 Å². The van der Waals surface area contributed by atoms with E-state index in [4.69, 9.17) is 15.4 Å². The van der Waals surface area contributed by atoms with Crippen molar-refractivity contribution in [2.45, 2.75) is 32.2 Å². The maximum absolute atomic E-state index is 8.68. The highest BCUT2D eigenvalue weighted by atomic mass is 16.5. The second-order valence-corrected chi connectivity index (χ2v) is 3.43. The Morgan fingerprint density at radius 1 is 1.62 bits per heavy atom. The maximum Gasteiger partial charge on any atom is 0.139 e. The topological polar surface area (TPSA) is 72.3 Å². The minimum absolute atomic E-state index is 0.0744.